The molecule has 1 saturated heterocycles. The molecule has 0 radical (unpaired) electrons. The number of fused-ring (bicyclic) bond motifs is 1. The summed E-state index contributed by atoms with van der Waals surface area (Å²) < 4.78 is 12.0. The van der Waals surface area contributed by atoms with Crippen LogP contribution in [-0.4, -0.2) is 78.2 Å². The van der Waals surface area contributed by atoms with E-state index in [1.54, 1.807) is 18.2 Å². The zero-order valence-corrected chi connectivity index (χ0v) is 16.3. The van der Waals surface area contributed by atoms with Gasteiger partial charge in [-0.2, -0.15) is 5.10 Å². The molecule has 7 N–H and O–H groups in total. The molecule has 13 nitrogen and oxygen atoms in total. The molecule has 4 rings (SSSR count). The largest absolute Gasteiger partial charge is 0.504 e. The molecule has 164 valence electrons. The number of nitrogen functional groups attached to an aromatic ring is 1. The van der Waals surface area contributed by atoms with E-state index in [1.807, 2.05) is 0 Å². The molecule has 0 amide bonds. The van der Waals surface area contributed by atoms with Crippen LogP contribution in [0.25, 0.3) is 11.2 Å². The maximum absolute atomic E-state index is 10.5. The predicted octanol–water partition coefficient (Wildman–Crippen LogP) is -0.820. The van der Waals surface area contributed by atoms with Gasteiger partial charge in [-0.15, -0.1) is 0 Å². The number of aliphatic hydroxyl groups is 3. The molecule has 2 aromatic heterocycles. The summed E-state index contributed by atoms with van der Waals surface area (Å²) in [5, 5.41) is 44.2. The summed E-state index contributed by atoms with van der Waals surface area (Å²) in [6.45, 7) is -0.492. The van der Waals surface area contributed by atoms with Crippen LogP contribution >= 0.6 is 0 Å². The molecule has 0 spiro atoms. The fourth-order valence-corrected chi connectivity index (χ4v) is 3.31. The van der Waals surface area contributed by atoms with E-state index in [-0.39, 0.29) is 34.4 Å². The van der Waals surface area contributed by atoms with E-state index < -0.39 is 31.1 Å². The van der Waals surface area contributed by atoms with Crippen molar-refractivity contribution in [3.8, 4) is 11.5 Å². The van der Waals surface area contributed by atoms with Gasteiger partial charge < -0.3 is 35.6 Å². The molecule has 1 fully saturated rings. The number of methoxy groups -OCH3 is 1. The van der Waals surface area contributed by atoms with Gasteiger partial charge in [0.15, 0.2) is 34.7 Å². The van der Waals surface area contributed by atoms with E-state index in [9.17, 15) is 20.4 Å². The molecule has 13 heteroatoms. The van der Waals surface area contributed by atoms with Gasteiger partial charge in [-0.1, -0.05) is 6.07 Å². The average Bonchev–Trinajstić information content (AvgIpc) is 3.27. The van der Waals surface area contributed by atoms with Crippen LogP contribution in [0.5, 0.6) is 11.5 Å². The van der Waals surface area contributed by atoms with Crippen molar-refractivity contribution in [1.82, 2.24) is 19.5 Å². The zero-order chi connectivity index (χ0) is 22.1. The molecule has 1 aliphatic heterocycles. The number of hydrazone groups is 1. The highest BCUT2D eigenvalue weighted by Gasteiger charge is 2.45. The van der Waals surface area contributed by atoms with Gasteiger partial charge in [-0.3, -0.25) is 4.57 Å². The third-order valence-corrected chi connectivity index (χ3v) is 4.90. The van der Waals surface area contributed by atoms with Crippen LogP contribution in [-0.2, 0) is 4.74 Å². The number of aromatic hydroxyl groups is 1. The van der Waals surface area contributed by atoms with Crippen molar-refractivity contribution in [2.75, 3.05) is 24.9 Å². The fraction of sp³-hybridized carbons (Fsp3) is 0.333. The molecular weight excluding hydrogens is 410 g/mol. The molecule has 31 heavy (non-hydrogen) atoms. The van der Waals surface area contributed by atoms with Crippen molar-refractivity contribution in [3.05, 3.63) is 30.1 Å². The third-order valence-electron chi connectivity index (χ3n) is 4.90. The van der Waals surface area contributed by atoms with Crippen molar-refractivity contribution >= 4 is 29.1 Å². The molecule has 1 aromatic carbocycles. The molecule has 0 unspecified atom stereocenters. The molecule has 0 bridgehead atoms. The standard InChI is InChI=1S/C18H21N7O6/c1-30-9-4-2-3-8(12(9)27)5-22-24-18-23-11-15(19)20-7-21-16(11)25(18)17-14(29)13(28)10(6-26)31-17/h2-5,7,10,13-14,17,26-29H,6H2,1H3,(H,23,24)(H2,19,20,21)/t10-,13-,14-,17-/m1/s1. The summed E-state index contributed by atoms with van der Waals surface area (Å²) in [4.78, 5) is 12.4. The van der Waals surface area contributed by atoms with E-state index >= 15 is 0 Å². The number of imidazole rings is 1. The normalized spacial score (nSPS) is 23.6. The fourth-order valence-electron chi connectivity index (χ4n) is 3.31. The maximum Gasteiger partial charge on any atom is 0.228 e. The van der Waals surface area contributed by atoms with E-state index in [0.29, 0.717) is 5.56 Å². The van der Waals surface area contributed by atoms with Gasteiger partial charge in [0.1, 0.15) is 24.6 Å². The number of anilines is 2. The van der Waals surface area contributed by atoms with Crippen LogP contribution in [0.3, 0.4) is 0 Å². The number of nitrogens with two attached hydrogens (primary N) is 1. The van der Waals surface area contributed by atoms with Crippen molar-refractivity contribution in [2.24, 2.45) is 5.10 Å². The van der Waals surface area contributed by atoms with Crippen LogP contribution in [0.4, 0.5) is 11.8 Å². The van der Waals surface area contributed by atoms with Crippen molar-refractivity contribution in [3.63, 3.8) is 0 Å². The van der Waals surface area contributed by atoms with E-state index in [1.165, 1.54) is 24.2 Å². The Labute approximate surface area is 175 Å². The summed E-state index contributed by atoms with van der Waals surface area (Å²) in [7, 11) is 1.43. The number of ether oxygens (including phenoxy) is 2. The Morgan fingerprint density at radius 3 is 2.84 bits per heavy atom. The molecule has 3 aromatic rings. The van der Waals surface area contributed by atoms with E-state index in [0.717, 1.165) is 0 Å². The minimum absolute atomic E-state index is 0.0793. The minimum Gasteiger partial charge on any atom is -0.504 e. The molecule has 3 heterocycles. The highest BCUT2D eigenvalue weighted by molar-refractivity contribution is 5.86. The van der Waals surface area contributed by atoms with Gasteiger partial charge in [0, 0.05) is 5.56 Å². The van der Waals surface area contributed by atoms with Gasteiger partial charge in [0.25, 0.3) is 0 Å². The van der Waals surface area contributed by atoms with Gasteiger partial charge in [0.05, 0.1) is 19.9 Å². The summed E-state index contributed by atoms with van der Waals surface area (Å²) in [5.74, 6) is 0.358. The van der Waals surface area contributed by atoms with Gasteiger partial charge in [-0.25, -0.2) is 20.4 Å². The SMILES string of the molecule is COc1cccc(C=NNc2nc3c(N)ncnc3n2[C@@H]2O[C@H](CO)[C@@H](O)[C@H]2O)c1O. The van der Waals surface area contributed by atoms with Crippen LogP contribution in [0.2, 0.25) is 0 Å². The van der Waals surface area contributed by atoms with Crippen LogP contribution in [0, 0.1) is 0 Å². The number of aliphatic hydroxyl groups excluding tert-OH is 3. The van der Waals surface area contributed by atoms with E-state index in [4.69, 9.17) is 15.2 Å². The second kappa shape index (κ2) is 8.31. The zero-order valence-electron chi connectivity index (χ0n) is 16.3. The van der Waals surface area contributed by atoms with Gasteiger partial charge >= 0.3 is 0 Å². The predicted molar refractivity (Wildman–Crippen MR) is 109 cm³/mol. The first-order valence-electron chi connectivity index (χ1n) is 9.22. The summed E-state index contributed by atoms with van der Waals surface area (Å²) in [6.07, 6.45) is -2.27. The minimum atomic E-state index is -1.38. The first-order chi connectivity index (χ1) is 15.0. The Morgan fingerprint density at radius 2 is 2.13 bits per heavy atom. The topological polar surface area (TPSA) is 193 Å². The number of para-hydroxylation sites is 1. The first kappa shape index (κ1) is 20.7. The maximum atomic E-state index is 10.5. The van der Waals surface area contributed by atoms with Gasteiger partial charge in [-0.05, 0) is 12.1 Å². The number of benzene rings is 1. The Balaban J connectivity index is 1.71. The Bertz CT molecular complexity index is 1120. The molecule has 4 atom stereocenters. The Hall–Kier alpha value is -3.52. The molecular formula is C18H21N7O6. The molecule has 0 saturated carbocycles. The van der Waals surface area contributed by atoms with Crippen molar-refractivity contribution in [2.45, 2.75) is 24.5 Å². The van der Waals surface area contributed by atoms with Crippen LogP contribution < -0.4 is 15.9 Å². The van der Waals surface area contributed by atoms with Crippen molar-refractivity contribution < 1.29 is 29.9 Å². The van der Waals surface area contributed by atoms with E-state index in [2.05, 4.69) is 25.5 Å². The lowest BCUT2D eigenvalue weighted by Gasteiger charge is -2.18. The number of phenolic OH excluding ortho intramolecular Hbond substituents is 1. The average molecular weight is 431 g/mol. The first-order valence-corrected chi connectivity index (χ1v) is 9.22. The van der Waals surface area contributed by atoms with Crippen molar-refractivity contribution in [1.29, 1.82) is 0 Å². The van der Waals surface area contributed by atoms with Gasteiger partial charge in [0.2, 0.25) is 5.95 Å². The number of nitrogens with zero attached hydrogens (tertiary/aromatic N) is 5. The second-order valence-electron chi connectivity index (χ2n) is 6.73. The number of hydrogen-bond acceptors (Lipinski definition) is 12. The molecule has 0 aliphatic carbocycles. The lowest BCUT2D eigenvalue weighted by atomic mass is 10.1. The summed E-state index contributed by atoms with van der Waals surface area (Å²) >= 11 is 0. The smallest absolute Gasteiger partial charge is 0.228 e. The van der Waals surface area contributed by atoms with Crippen LogP contribution in [0.15, 0.2) is 29.6 Å². The Kier molecular flexibility index (Phi) is 5.56. The lowest BCUT2D eigenvalue weighted by molar-refractivity contribution is -0.0501. The summed E-state index contributed by atoms with van der Waals surface area (Å²) in [5.41, 5.74) is 9.42. The lowest BCUT2D eigenvalue weighted by Crippen LogP contribution is -2.33. The second-order valence-corrected chi connectivity index (χ2v) is 6.73. The highest BCUT2D eigenvalue weighted by atomic mass is 16.6. The van der Waals surface area contributed by atoms with Crippen LogP contribution in [0.1, 0.15) is 11.8 Å². The Morgan fingerprint density at radius 1 is 1.32 bits per heavy atom. The molecule has 1 aliphatic rings. The number of aromatic nitrogens is 4. The number of rotatable bonds is 6. The quantitative estimate of drug-likeness (QED) is 0.211. The summed E-state index contributed by atoms with van der Waals surface area (Å²) in [6, 6.07) is 4.91. The monoisotopic (exact) mass is 431 g/mol. The number of hydrogen-bond donors (Lipinski definition) is 6. The number of nitrogens with one attached hydrogen (secondary N) is 1. The third kappa shape index (κ3) is 3.59. The number of phenols is 1. The highest BCUT2D eigenvalue weighted by Crippen LogP contribution is 2.35.